The van der Waals surface area contributed by atoms with Gasteiger partial charge in [0.2, 0.25) is 10.0 Å². The van der Waals surface area contributed by atoms with Crippen LogP contribution in [0.15, 0.2) is 23.1 Å². The third-order valence-corrected chi connectivity index (χ3v) is 3.85. The Morgan fingerprint density at radius 3 is 2.50 bits per heavy atom. The Kier molecular flexibility index (Phi) is 7.58. The molecule has 0 unspecified atom stereocenters. The van der Waals surface area contributed by atoms with E-state index in [9.17, 15) is 8.42 Å². The Hall–Kier alpha value is -0.530. The molecule has 0 amide bonds. The number of sulfonamides is 1. The van der Waals surface area contributed by atoms with Crippen LogP contribution in [0.1, 0.15) is 0 Å². The summed E-state index contributed by atoms with van der Waals surface area (Å²) in [5, 5.41) is 3.12. The van der Waals surface area contributed by atoms with Gasteiger partial charge in [0.05, 0.1) is 17.0 Å². The molecule has 0 spiro atoms. The highest BCUT2D eigenvalue weighted by molar-refractivity contribution is 7.89. The Morgan fingerprint density at radius 2 is 2.00 bits per heavy atom. The van der Waals surface area contributed by atoms with E-state index in [1.807, 2.05) is 0 Å². The minimum Gasteiger partial charge on any atom is -0.495 e. The number of likely N-dealkylation sites (N-methyl/N-ethyl adjacent to an activating group) is 1. The van der Waals surface area contributed by atoms with E-state index in [1.54, 1.807) is 7.05 Å². The van der Waals surface area contributed by atoms with Gasteiger partial charge in [-0.2, -0.15) is 0 Å². The zero-order chi connectivity index (χ0) is 12.9. The van der Waals surface area contributed by atoms with Crippen molar-refractivity contribution in [2.24, 2.45) is 0 Å². The van der Waals surface area contributed by atoms with Crippen LogP contribution in [0, 0.1) is 0 Å². The molecule has 0 aromatic heterocycles. The van der Waals surface area contributed by atoms with Gasteiger partial charge in [0.25, 0.3) is 0 Å². The number of halogens is 2. The predicted octanol–water partition coefficient (Wildman–Crippen LogP) is 1.27. The molecule has 0 aliphatic rings. The lowest BCUT2D eigenvalue weighted by atomic mass is 10.3. The fourth-order valence-corrected chi connectivity index (χ4v) is 2.59. The highest BCUT2D eigenvalue weighted by Gasteiger charge is 2.15. The lowest BCUT2D eigenvalue weighted by molar-refractivity contribution is 0.414. The zero-order valence-electron chi connectivity index (χ0n) is 10.1. The lowest BCUT2D eigenvalue weighted by Crippen LogP contribution is -2.30. The number of nitrogens with one attached hydrogen (secondary N) is 2. The van der Waals surface area contributed by atoms with Crippen LogP contribution < -0.4 is 14.8 Å². The fraction of sp³-hybridized carbons (Fsp3) is 0.400. The van der Waals surface area contributed by atoms with Crippen LogP contribution >= 0.6 is 24.0 Å². The Labute approximate surface area is 118 Å². The topological polar surface area (TPSA) is 67.4 Å². The van der Waals surface area contributed by atoms with Gasteiger partial charge >= 0.3 is 0 Å². The Bertz CT molecular complexity index is 480. The summed E-state index contributed by atoms with van der Waals surface area (Å²) in [5.41, 5.74) is 0. The molecule has 2 N–H and O–H groups in total. The van der Waals surface area contributed by atoms with Crippen LogP contribution in [-0.2, 0) is 10.0 Å². The van der Waals surface area contributed by atoms with Gasteiger partial charge in [0, 0.05) is 13.1 Å². The standard InChI is InChI=1S/C10H15ClN2O3S.ClH/c1-12-5-6-13-17(14,15)8-3-4-10(16-2)9(11)7-8;/h3-4,7,12-13H,5-6H2,1-2H3;1H. The summed E-state index contributed by atoms with van der Waals surface area (Å²) in [6.07, 6.45) is 0. The van der Waals surface area contributed by atoms with Crippen LogP contribution in [0.25, 0.3) is 0 Å². The first-order valence-electron chi connectivity index (χ1n) is 4.99. The number of hydrogen-bond acceptors (Lipinski definition) is 4. The van der Waals surface area contributed by atoms with Crippen molar-refractivity contribution in [3.63, 3.8) is 0 Å². The van der Waals surface area contributed by atoms with Crippen LogP contribution in [0.3, 0.4) is 0 Å². The molecule has 0 aliphatic heterocycles. The molecule has 104 valence electrons. The molecule has 0 heterocycles. The van der Waals surface area contributed by atoms with Gasteiger partial charge in [0.1, 0.15) is 5.75 Å². The van der Waals surface area contributed by atoms with Gasteiger partial charge in [-0.15, -0.1) is 12.4 Å². The first-order chi connectivity index (χ1) is 8.01. The monoisotopic (exact) mass is 314 g/mol. The van der Waals surface area contributed by atoms with Crippen LogP contribution in [0.5, 0.6) is 5.75 Å². The van der Waals surface area contributed by atoms with E-state index in [0.717, 1.165) is 0 Å². The van der Waals surface area contributed by atoms with Crippen LogP contribution in [0.2, 0.25) is 5.02 Å². The molecule has 0 fully saturated rings. The largest absolute Gasteiger partial charge is 0.495 e. The molecule has 1 aromatic rings. The summed E-state index contributed by atoms with van der Waals surface area (Å²) < 4.78 is 31.0. The van der Waals surface area contributed by atoms with E-state index < -0.39 is 10.0 Å². The SMILES string of the molecule is CNCCNS(=O)(=O)c1ccc(OC)c(Cl)c1.Cl. The highest BCUT2D eigenvalue weighted by atomic mass is 35.5. The molecule has 0 aliphatic carbocycles. The van der Waals surface area contributed by atoms with Crippen molar-refractivity contribution in [2.45, 2.75) is 4.90 Å². The van der Waals surface area contributed by atoms with Crippen molar-refractivity contribution >= 4 is 34.0 Å². The second kappa shape index (κ2) is 7.81. The quantitative estimate of drug-likeness (QED) is 0.776. The summed E-state index contributed by atoms with van der Waals surface area (Å²) in [5.74, 6) is 0.445. The molecule has 0 saturated carbocycles. The number of hydrogen-bond donors (Lipinski definition) is 2. The molecule has 1 rings (SSSR count). The molecule has 0 bridgehead atoms. The second-order valence-corrected chi connectivity index (χ2v) is 5.47. The number of benzene rings is 1. The number of rotatable bonds is 6. The highest BCUT2D eigenvalue weighted by Crippen LogP contribution is 2.26. The average molecular weight is 315 g/mol. The normalized spacial score (nSPS) is 10.8. The maximum absolute atomic E-state index is 11.8. The Morgan fingerprint density at radius 1 is 1.33 bits per heavy atom. The van der Waals surface area contributed by atoms with Gasteiger partial charge in [-0.05, 0) is 25.2 Å². The summed E-state index contributed by atoms with van der Waals surface area (Å²) >= 11 is 5.87. The van der Waals surface area contributed by atoms with Gasteiger partial charge in [0.15, 0.2) is 0 Å². The summed E-state index contributed by atoms with van der Waals surface area (Å²) in [6, 6.07) is 4.34. The first kappa shape index (κ1) is 17.5. The molecule has 1 aromatic carbocycles. The Balaban J connectivity index is 0.00000289. The van der Waals surface area contributed by atoms with Crippen molar-refractivity contribution < 1.29 is 13.2 Å². The maximum Gasteiger partial charge on any atom is 0.240 e. The first-order valence-corrected chi connectivity index (χ1v) is 6.85. The molecular weight excluding hydrogens is 299 g/mol. The lowest BCUT2D eigenvalue weighted by Gasteiger charge is -2.08. The molecule has 0 radical (unpaired) electrons. The van der Waals surface area contributed by atoms with E-state index in [0.29, 0.717) is 18.8 Å². The zero-order valence-corrected chi connectivity index (χ0v) is 12.5. The minimum atomic E-state index is -3.51. The van der Waals surface area contributed by atoms with Gasteiger partial charge in [-0.1, -0.05) is 11.6 Å². The van der Waals surface area contributed by atoms with E-state index in [-0.39, 0.29) is 22.3 Å². The van der Waals surface area contributed by atoms with Gasteiger partial charge in [-0.25, -0.2) is 13.1 Å². The van der Waals surface area contributed by atoms with E-state index in [1.165, 1.54) is 25.3 Å². The third-order valence-electron chi connectivity index (χ3n) is 2.10. The van der Waals surface area contributed by atoms with E-state index in [4.69, 9.17) is 16.3 Å². The van der Waals surface area contributed by atoms with Gasteiger partial charge in [-0.3, -0.25) is 0 Å². The molecule has 0 atom stereocenters. The maximum atomic E-state index is 11.8. The van der Waals surface area contributed by atoms with Crippen molar-refractivity contribution in [3.05, 3.63) is 23.2 Å². The summed E-state index contributed by atoms with van der Waals surface area (Å²) in [6.45, 7) is 0.881. The molecule has 0 saturated heterocycles. The third kappa shape index (κ3) is 4.62. The van der Waals surface area contributed by atoms with Crippen molar-refractivity contribution in [3.8, 4) is 5.75 Å². The summed E-state index contributed by atoms with van der Waals surface area (Å²) in [4.78, 5) is 0.124. The molecule has 5 nitrogen and oxygen atoms in total. The number of methoxy groups -OCH3 is 1. The van der Waals surface area contributed by atoms with E-state index >= 15 is 0 Å². The van der Waals surface area contributed by atoms with Crippen LogP contribution in [0.4, 0.5) is 0 Å². The predicted molar refractivity (Wildman–Crippen MR) is 74.4 cm³/mol. The molecule has 8 heteroatoms. The minimum absolute atomic E-state index is 0. The molecule has 18 heavy (non-hydrogen) atoms. The fourth-order valence-electron chi connectivity index (χ4n) is 1.21. The van der Waals surface area contributed by atoms with E-state index in [2.05, 4.69) is 10.0 Å². The smallest absolute Gasteiger partial charge is 0.240 e. The van der Waals surface area contributed by atoms with Gasteiger partial charge < -0.3 is 10.1 Å². The second-order valence-electron chi connectivity index (χ2n) is 3.30. The van der Waals surface area contributed by atoms with Crippen molar-refractivity contribution in [1.29, 1.82) is 0 Å². The summed E-state index contributed by atoms with van der Waals surface area (Å²) in [7, 11) is -0.289. The van der Waals surface area contributed by atoms with Crippen molar-refractivity contribution in [1.82, 2.24) is 10.0 Å². The molecular formula is C10H16Cl2N2O3S. The average Bonchev–Trinajstić information content (AvgIpc) is 2.29. The van der Waals surface area contributed by atoms with Crippen molar-refractivity contribution in [2.75, 3.05) is 27.2 Å². The number of ether oxygens (including phenoxy) is 1. The van der Waals surface area contributed by atoms with Crippen LogP contribution in [-0.4, -0.2) is 35.7 Å².